The smallest absolute Gasteiger partial charge is 0.189 e. The number of pyridine rings is 1. The van der Waals surface area contributed by atoms with Crippen LogP contribution in [0.5, 0.6) is 0 Å². The molecular formula is C14H19ClN4S. The van der Waals surface area contributed by atoms with Crippen LogP contribution in [0.15, 0.2) is 17.4 Å². The second-order valence-corrected chi connectivity index (χ2v) is 5.73. The van der Waals surface area contributed by atoms with Crippen LogP contribution in [-0.2, 0) is 0 Å². The van der Waals surface area contributed by atoms with E-state index >= 15 is 0 Å². The van der Waals surface area contributed by atoms with Crippen LogP contribution in [0.1, 0.15) is 26.7 Å². The molecule has 0 aliphatic carbocycles. The number of thioether (sulfide) groups is 1. The highest BCUT2D eigenvalue weighted by Crippen LogP contribution is 2.27. The SMILES string of the molecule is CCCN(CCC)c1nc2nc(SC)ncc2cc1Cl. The molecule has 2 aromatic heterocycles. The van der Waals surface area contributed by atoms with Gasteiger partial charge in [0.05, 0.1) is 5.02 Å². The topological polar surface area (TPSA) is 41.9 Å². The van der Waals surface area contributed by atoms with Crippen molar-refractivity contribution in [3.63, 3.8) is 0 Å². The maximum Gasteiger partial charge on any atom is 0.189 e. The van der Waals surface area contributed by atoms with Gasteiger partial charge in [0.2, 0.25) is 0 Å². The van der Waals surface area contributed by atoms with Gasteiger partial charge in [-0.2, -0.15) is 0 Å². The average Bonchev–Trinajstić information content (AvgIpc) is 2.46. The Hall–Kier alpha value is -1.07. The zero-order chi connectivity index (χ0) is 14.5. The maximum atomic E-state index is 6.38. The van der Waals surface area contributed by atoms with Crippen molar-refractivity contribution < 1.29 is 0 Å². The third-order valence-corrected chi connectivity index (χ3v) is 3.79. The molecule has 0 unspecified atom stereocenters. The van der Waals surface area contributed by atoms with Crippen molar-refractivity contribution in [2.75, 3.05) is 24.2 Å². The highest BCUT2D eigenvalue weighted by atomic mass is 35.5. The Kier molecular flexibility index (Phi) is 5.43. The zero-order valence-electron chi connectivity index (χ0n) is 12.1. The van der Waals surface area contributed by atoms with Crippen LogP contribution in [0.25, 0.3) is 11.0 Å². The van der Waals surface area contributed by atoms with Gasteiger partial charge in [0.15, 0.2) is 10.8 Å². The molecule has 0 aromatic carbocycles. The lowest BCUT2D eigenvalue weighted by atomic mass is 10.3. The Morgan fingerprint density at radius 2 is 1.90 bits per heavy atom. The fourth-order valence-electron chi connectivity index (χ4n) is 2.10. The van der Waals surface area contributed by atoms with Crippen molar-refractivity contribution >= 4 is 40.2 Å². The summed E-state index contributed by atoms with van der Waals surface area (Å²) >= 11 is 7.89. The van der Waals surface area contributed by atoms with E-state index in [1.54, 1.807) is 6.20 Å². The van der Waals surface area contributed by atoms with Crippen molar-refractivity contribution in [3.8, 4) is 0 Å². The Balaban J connectivity index is 2.48. The van der Waals surface area contributed by atoms with E-state index in [-0.39, 0.29) is 0 Å². The van der Waals surface area contributed by atoms with Crippen LogP contribution in [-0.4, -0.2) is 34.3 Å². The predicted molar refractivity (Wildman–Crippen MR) is 86.9 cm³/mol. The summed E-state index contributed by atoms with van der Waals surface area (Å²) in [6, 6.07) is 1.90. The van der Waals surface area contributed by atoms with Crippen LogP contribution >= 0.6 is 23.4 Å². The van der Waals surface area contributed by atoms with Gasteiger partial charge >= 0.3 is 0 Å². The molecule has 20 heavy (non-hydrogen) atoms. The first-order valence-electron chi connectivity index (χ1n) is 6.81. The highest BCUT2D eigenvalue weighted by Gasteiger charge is 2.13. The summed E-state index contributed by atoms with van der Waals surface area (Å²) < 4.78 is 0. The number of fused-ring (bicyclic) bond motifs is 1. The van der Waals surface area contributed by atoms with Gasteiger partial charge in [-0.3, -0.25) is 0 Å². The van der Waals surface area contributed by atoms with Crippen LogP contribution in [0.4, 0.5) is 5.82 Å². The number of hydrogen-bond donors (Lipinski definition) is 0. The van der Waals surface area contributed by atoms with Gasteiger partial charge in [-0.25, -0.2) is 15.0 Å². The van der Waals surface area contributed by atoms with Crippen LogP contribution in [0.2, 0.25) is 5.02 Å². The Labute approximate surface area is 129 Å². The third-order valence-electron chi connectivity index (χ3n) is 2.95. The van der Waals surface area contributed by atoms with Crippen LogP contribution in [0, 0.1) is 0 Å². The minimum absolute atomic E-state index is 0.667. The number of halogens is 1. The molecule has 0 spiro atoms. The van der Waals surface area contributed by atoms with Gasteiger partial charge in [0.25, 0.3) is 0 Å². The third kappa shape index (κ3) is 3.33. The molecule has 0 aliphatic rings. The molecule has 0 amide bonds. The summed E-state index contributed by atoms with van der Waals surface area (Å²) in [5.74, 6) is 0.827. The molecule has 0 atom stereocenters. The zero-order valence-corrected chi connectivity index (χ0v) is 13.6. The van der Waals surface area contributed by atoms with E-state index in [1.165, 1.54) is 11.8 Å². The monoisotopic (exact) mass is 310 g/mol. The molecule has 4 nitrogen and oxygen atoms in total. The second-order valence-electron chi connectivity index (χ2n) is 4.55. The molecular weight excluding hydrogens is 292 g/mol. The molecule has 0 fully saturated rings. The summed E-state index contributed by atoms with van der Waals surface area (Å²) in [5, 5.41) is 2.28. The fraction of sp³-hybridized carbons (Fsp3) is 0.500. The lowest BCUT2D eigenvalue weighted by Crippen LogP contribution is -2.26. The molecule has 0 N–H and O–H groups in total. The Morgan fingerprint density at radius 1 is 1.20 bits per heavy atom. The maximum absolute atomic E-state index is 6.38. The average molecular weight is 311 g/mol. The summed E-state index contributed by atoms with van der Waals surface area (Å²) in [4.78, 5) is 15.6. The number of aromatic nitrogens is 3. The number of hydrogen-bond acceptors (Lipinski definition) is 5. The van der Waals surface area contributed by atoms with Crippen molar-refractivity contribution in [1.29, 1.82) is 0 Å². The first-order valence-corrected chi connectivity index (χ1v) is 8.42. The highest BCUT2D eigenvalue weighted by molar-refractivity contribution is 7.98. The van der Waals surface area contributed by atoms with E-state index in [9.17, 15) is 0 Å². The van der Waals surface area contributed by atoms with E-state index in [1.807, 2.05) is 12.3 Å². The summed E-state index contributed by atoms with van der Waals surface area (Å²) in [7, 11) is 0. The normalized spacial score (nSPS) is 11.0. The minimum Gasteiger partial charge on any atom is -0.355 e. The van der Waals surface area contributed by atoms with E-state index in [4.69, 9.17) is 11.6 Å². The summed E-state index contributed by atoms with van der Waals surface area (Å²) in [5.41, 5.74) is 0.709. The number of nitrogens with zero attached hydrogens (tertiary/aromatic N) is 4. The lowest BCUT2D eigenvalue weighted by Gasteiger charge is -2.23. The quantitative estimate of drug-likeness (QED) is 0.595. The van der Waals surface area contributed by atoms with E-state index in [0.717, 1.165) is 42.3 Å². The number of anilines is 1. The molecule has 0 bridgehead atoms. The number of rotatable bonds is 6. The molecule has 0 saturated carbocycles. The fourth-order valence-corrected chi connectivity index (χ4v) is 2.71. The largest absolute Gasteiger partial charge is 0.355 e. The molecule has 2 heterocycles. The molecule has 2 aromatic rings. The molecule has 0 aliphatic heterocycles. The van der Waals surface area contributed by atoms with Gasteiger partial charge in [-0.15, -0.1) is 0 Å². The van der Waals surface area contributed by atoms with Crippen molar-refractivity contribution in [1.82, 2.24) is 15.0 Å². The first-order chi connectivity index (χ1) is 9.69. The molecule has 6 heteroatoms. The summed E-state index contributed by atoms with van der Waals surface area (Å²) in [6.45, 7) is 6.22. The van der Waals surface area contributed by atoms with Crippen molar-refractivity contribution in [2.24, 2.45) is 0 Å². The van der Waals surface area contributed by atoms with E-state index in [0.29, 0.717) is 10.7 Å². The molecule has 108 valence electrons. The lowest BCUT2D eigenvalue weighted by molar-refractivity contribution is 0.735. The van der Waals surface area contributed by atoms with Gasteiger partial charge in [-0.1, -0.05) is 37.2 Å². The summed E-state index contributed by atoms with van der Waals surface area (Å²) in [6.07, 6.45) is 5.87. The van der Waals surface area contributed by atoms with Crippen molar-refractivity contribution in [3.05, 3.63) is 17.3 Å². The van der Waals surface area contributed by atoms with E-state index in [2.05, 4.69) is 33.7 Å². The Morgan fingerprint density at radius 3 is 2.50 bits per heavy atom. The predicted octanol–water partition coefficient (Wildman–Crippen LogP) is 4.03. The standard InChI is InChI=1S/C14H19ClN4S/c1-4-6-19(7-5-2)13-11(15)8-10-9-16-14(20-3)18-12(10)17-13/h8-9H,4-7H2,1-3H3. The van der Waals surface area contributed by atoms with Crippen LogP contribution in [0.3, 0.4) is 0 Å². The molecule has 2 rings (SSSR count). The van der Waals surface area contributed by atoms with Gasteiger partial charge in [0.1, 0.15) is 5.82 Å². The van der Waals surface area contributed by atoms with E-state index < -0.39 is 0 Å². The second kappa shape index (κ2) is 7.09. The first kappa shape index (κ1) is 15.3. The van der Waals surface area contributed by atoms with Gasteiger partial charge in [0, 0.05) is 24.7 Å². The Bertz CT molecular complexity index is 585. The minimum atomic E-state index is 0.667. The van der Waals surface area contributed by atoms with Gasteiger partial charge < -0.3 is 4.90 Å². The van der Waals surface area contributed by atoms with Crippen LogP contribution < -0.4 is 4.90 Å². The van der Waals surface area contributed by atoms with Gasteiger partial charge in [-0.05, 0) is 25.2 Å². The van der Waals surface area contributed by atoms with Crippen molar-refractivity contribution in [2.45, 2.75) is 31.8 Å². The molecule has 0 saturated heterocycles. The molecule has 0 radical (unpaired) electrons.